The smallest absolute Gasteiger partial charge is 0.322 e. The van der Waals surface area contributed by atoms with Gasteiger partial charge in [-0.1, -0.05) is 6.92 Å². The maximum absolute atomic E-state index is 11.5. The quantitative estimate of drug-likeness (QED) is 0.499. The largest absolute Gasteiger partial charge is 0.481 e. The number of imide groups is 1. The minimum absolute atomic E-state index is 0.0594. The highest BCUT2D eigenvalue weighted by molar-refractivity contribution is 5.96. The van der Waals surface area contributed by atoms with Crippen molar-refractivity contribution in [2.75, 3.05) is 6.54 Å². The van der Waals surface area contributed by atoms with Crippen LogP contribution in [0.1, 0.15) is 39.5 Å². The highest BCUT2D eigenvalue weighted by atomic mass is 16.4. The predicted molar refractivity (Wildman–Crippen MR) is 70.9 cm³/mol. The van der Waals surface area contributed by atoms with E-state index in [0.29, 0.717) is 6.54 Å². The molecular weight excluding hydrogens is 266 g/mol. The molecule has 0 aromatic rings. The maximum atomic E-state index is 11.5. The number of urea groups is 1. The molecule has 0 fully saturated rings. The Morgan fingerprint density at radius 3 is 2.35 bits per heavy atom. The van der Waals surface area contributed by atoms with E-state index < -0.39 is 23.9 Å². The van der Waals surface area contributed by atoms with Gasteiger partial charge in [-0.25, -0.2) is 4.79 Å². The Labute approximate surface area is 117 Å². The number of hydrogen-bond donors (Lipinski definition) is 4. The Bertz CT molecular complexity index is 370. The zero-order chi connectivity index (χ0) is 15.5. The number of carbonyl (C=O) groups excluding carboxylic acids is 3. The van der Waals surface area contributed by atoms with Crippen molar-refractivity contribution in [2.45, 2.75) is 45.6 Å². The van der Waals surface area contributed by atoms with Crippen molar-refractivity contribution in [1.82, 2.24) is 16.0 Å². The summed E-state index contributed by atoms with van der Waals surface area (Å²) in [6.07, 6.45) is 0.745. The standard InChI is InChI=1S/C12H21N3O5/c1-3-7-13-11(19)8(2)14-12(20)15-9(16)5-4-6-10(17)18/h8H,3-7H2,1-2H3,(H,13,19)(H,17,18)(H2,14,15,16,20). The molecule has 8 nitrogen and oxygen atoms in total. The van der Waals surface area contributed by atoms with Crippen molar-refractivity contribution < 1.29 is 24.3 Å². The SMILES string of the molecule is CCCNC(=O)C(C)NC(=O)NC(=O)CCCC(=O)O. The third kappa shape index (κ3) is 8.90. The number of hydrogen-bond acceptors (Lipinski definition) is 4. The molecule has 0 aromatic carbocycles. The van der Waals surface area contributed by atoms with Crippen LogP contribution in [0, 0.1) is 0 Å². The Hall–Kier alpha value is -2.12. The number of carboxylic acid groups (broad SMARTS) is 1. The van der Waals surface area contributed by atoms with E-state index in [2.05, 4.69) is 10.6 Å². The lowest BCUT2D eigenvalue weighted by atomic mass is 10.2. The molecule has 4 amide bonds. The lowest BCUT2D eigenvalue weighted by Gasteiger charge is -2.13. The number of rotatable bonds is 8. The van der Waals surface area contributed by atoms with E-state index in [1.54, 1.807) is 0 Å². The first-order valence-corrected chi connectivity index (χ1v) is 6.46. The van der Waals surface area contributed by atoms with Crippen LogP contribution in [-0.2, 0) is 14.4 Å². The van der Waals surface area contributed by atoms with Gasteiger partial charge in [0.2, 0.25) is 11.8 Å². The fourth-order valence-electron chi connectivity index (χ4n) is 1.29. The third-order valence-corrected chi connectivity index (χ3v) is 2.34. The summed E-state index contributed by atoms with van der Waals surface area (Å²) in [4.78, 5) is 44.4. The van der Waals surface area contributed by atoms with Crippen LogP contribution in [0.5, 0.6) is 0 Å². The molecule has 0 spiro atoms. The highest BCUT2D eigenvalue weighted by Gasteiger charge is 2.16. The van der Waals surface area contributed by atoms with Crippen molar-refractivity contribution >= 4 is 23.8 Å². The van der Waals surface area contributed by atoms with Crippen molar-refractivity contribution in [2.24, 2.45) is 0 Å². The number of carboxylic acids is 1. The van der Waals surface area contributed by atoms with Crippen LogP contribution in [0.4, 0.5) is 4.79 Å². The van der Waals surface area contributed by atoms with Gasteiger partial charge in [0.25, 0.3) is 0 Å². The summed E-state index contributed by atoms with van der Waals surface area (Å²) in [6, 6.07) is -1.53. The van der Waals surface area contributed by atoms with Gasteiger partial charge >= 0.3 is 12.0 Å². The van der Waals surface area contributed by atoms with Crippen LogP contribution in [0.2, 0.25) is 0 Å². The zero-order valence-corrected chi connectivity index (χ0v) is 11.7. The minimum atomic E-state index is -0.997. The number of amides is 4. The Balaban J connectivity index is 3.94. The molecule has 114 valence electrons. The summed E-state index contributed by atoms with van der Waals surface area (Å²) >= 11 is 0. The number of aliphatic carboxylic acids is 1. The van der Waals surface area contributed by atoms with Crippen molar-refractivity contribution in [3.8, 4) is 0 Å². The Morgan fingerprint density at radius 2 is 1.80 bits per heavy atom. The first kappa shape index (κ1) is 17.9. The third-order valence-electron chi connectivity index (χ3n) is 2.34. The average Bonchev–Trinajstić information content (AvgIpc) is 2.34. The van der Waals surface area contributed by atoms with Gasteiger partial charge in [0.1, 0.15) is 6.04 Å². The van der Waals surface area contributed by atoms with Gasteiger partial charge in [-0.15, -0.1) is 0 Å². The predicted octanol–water partition coefficient (Wildman–Crippen LogP) is -0.0182. The van der Waals surface area contributed by atoms with E-state index in [1.165, 1.54) is 6.92 Å². The average molecular weight is 287 g/mol. The molecule has 0 saturated carbocycles. The number of nitrogens with one attached hydrogen (secondary N) is 3. The first-order chi connectivity index (χ1) is 9.36. The summed E-state index contributed by atoms with van der Waals surface area (Å²) in [5.74, 6) is -1.91. The highest BCUT2D eigenvalue weighted by Crippen LogP contribution is 1.95. The fraction of sp³-hybridized carbons (Fsp3) is 0.667. The van der Waals surface area contributed by atoms with E-state index in [4.69, 9.17) is 5.11 Å². The van der Waals surface area contributed by atoms with Gasteiger partial charge < -0.3 is 15.7 Å². The molecule has 1 atom stereocenters. The van der Waals surface area contributed by atoms with Crippen LogP contribution in [0.15, 0.2) is 0 Å². The van der Waals surface area contributed by atoms with Crippen LogP contribution in [0.3, 0.4) is 0 Å². The second kappa shape index (κ2) is 9.76. The number of carbonyl (C=O) groups is 4. The summed E-state index contributed by atoms with van der Waals surface area (Å²) in [5.41, 5.74) is 0. The summed E-state index contributed by atoms with van der Waals surface area (Å²) < 4.78 is 0. The molecule has 0 rings (SSSR count). The van der Waals surface area contributed by atoms with E-state index in [0.717, 1.165) is 6.42 Å². The normalized spacial score (nSPS) is 11.3. The second-order valence-electron chi connectivity index (χ2n) is 4.28. The van der Waals surface area contributed by atoms with Crippen LogP contribution >= 0.6 is 0 Å². The van der Waals surface area contributed by atoms with Gasteiger partial charge in [0, 0.05) is 19.4 Å². The van der Waals surface area contributed by atoms with E-state index in [-0.39, 0.29) is 25.2 Å². The molecule has 0 radical (unpaired) electrons. The minimum Gasteiger partial charge on any atom is -0.481 e. The topological polar surface area (TPSA) is 125 Å². The molecule has 0 aromatic heterocycles. The van der Waals surface area contributed by atoms with Gasteiger partial charge in [-0.05, 0) is 19.8 Å². The van der Waals surface area contributed by atoms with Crippen LogP contribution in [0.25, 0.3) is 0 Å². The van der Waals surface area contributed by atoms with Crippen LogP contribution < -0.4 is 16.0 Å². The molecule has 0 aliphatic carbocycles. The molecule has 0 aliphatic rings. The Kier molecular flexibility index (Phi) is 8.73. The second-order valence-corrected chi connectivity index (χ2v) is 4.28. The molecule has 20 heavy (non-hydrogen) atoms. The van der Waals surface area contributed by atoms with Crippen molar-refractivity contribution in [3.05, 3.63) is 0 Å². The van der Waals surface area contributed by atoms with Crippen molar-refractivity contribution in [3.63, 3.8) is 0 Å². The summed E-state index contributed by atoms with van der Waals surface area (Å²) in [7, 11) is 0. The molecule has 4 N–H and O–H groups in total. The van der Waals surface area contributed by atoms with Crippen LogP contribution in [-0.4, -0.2) is 41.5 Å². The molecular formula is C12H21N3O5. The summed E-state index contributed by atoms with van der Waals surface area (Å²) in [6.45, 7) is 3.92. The van der Waals surface area contributed by atoms with E-state index in [9.17, 15) is 19.2 Å². The summed E-state index contributed by atoms with van der Waals surface area (Å²) in [5, 5.41) is 15.4. The fourth-order valence-corrected chi connectivity index (χ4v) is 1.29. The Morgan fingerprint density at radius 1 is 1.15 bits per heavy atom. The molecule has 1 unspecified atom stereocenters. The molecule has 0 aliphatic heterocycles. The van der Waals surface area contributed by atoms with E-state index >= 15 is 0 Å². The first-order valence-electron chi connectivity index (χ1n) is 6.46. The van der Waals surface area contributed by atoms with Gasteiger partial charge in [0.05, 0.1) is 0 Å². The lowest BCUT2D eigenvalue weighted by Crippen LogP contribution is -2.49. The molecule has 0 heterocycles. The molecule has 0 saturated heterocycles. The van der Waals surface area contributed by atoms with Gasteiger partial charge in [-0.2, -0.15) is 0 Å². The van der Waals surface area contributed by atoms with Gasteiger partial charge in [0.15, 0.2) is 0 Å². The lowest BCUT2D eigenvalue weighted by molar-refractivity contribution is -0.137. The molecule has 8 heteroatoms. The zero-order valence-electron chi connectivity index (χ0n) is 11.7. The monoisotopic (exact) mass is 287 g/mol. The van der Waals surface area contributed by atoms with Gasteiger partial charge in [-0.3, -0.25) is 19.7 Å². The van der Waals surface area contributed by atoms with Crippen molar-refractivity contribution in [1.29, 1.82) is 0 Å². The molecule has 0 bridgehead atoms. The maximum Gasteiger partial charge on any atom is 0.322 e. The van der Waals surface area contributed by atoms with E-state index in [1.807, 2.05) is 12.2 Å².